The minimum absolute atomic E-state index is 0.436. The Bertz CT molecular complexity index is 188. The molecule has 0 fully saturated rings. The average molecular weight is 236 g/mol. The van der Waals surface area contributed by atoms with E-state index < -0.39 is 7.60 Å². The smallest absolute Gasteiger partial charge is 0.308 e. The van der Waals surface area contributed by atoms with Gasteiger partial charge in [0.1, 0.15) is 0 Å². The molecule has 15 heavy (non-hydrogen) atoms. The molecule has 0 spiro atoms. The number of rotatable bonds is 8. The predicted octanol–water partition coefficient (Wildman–Crippen LogP) is 3.93. The van der Waals surface area contributed by atoms with Gasteiger partial charge in [0, 0.05) is 6.66 Å². The van der Waals surface area contributed by atoms with Gasteiger partial charge in [-0.15, -0.1) is 0 Å². The maximum atomic E-state index is 11.8. The molecule has 0 aliphatic carbocycles. The molecule has 0 saturated heterocycles. The monoisotopic (exact) mass is 236 g/mol. The van der Waals surface area contributed by atoms with E-state index in [1.807, 2.05) is 0 Å². The van der Waals surface area contributed by atoms with Crippen molar-refractivity contribution in [2.24, 2.45) is 11.8 Å². The van der Waals surface area contributed by atoms with Crippen molar-refractivity contribution >= 4 is 7.60 Å². The van der Waals surface area contributed by atoms with Crippen molar-refractivity contribution in [1.82, 2.24) is 0 Å². The highest BCUT2D eigenvalue weighted by Crippen LogP contribution is 2.44. The van der Waals surface area contributed by atoms with Crippen molar-refractivity contribution in [1.29, 1.82) is 0 Å². The van der Waals surface area contributed by atoms with E-state index in [1.165, 1.54) is 0 Å². The SMILES string of the molecule is CCC(C)COP(C)(=O)OCC(C)CC. The van der Waals surface area contributed by atoms with Gasteiger partial charge in [-0.05, 0) is 11.8 Å². The van der Waals surface area contributed by atoms with Crippen molar-refractivity contribution in [3.8, 4) is 0 Å². The second-order valence-corrected chi connectivity index (χ2v) is 6.45. The normalized spacial score (nSPS) is 19.5. The Kier molecular flexibility index (Phi) is 7.50. The van der Waals surface area contributed by atoms with Gasteiger partial charge in [-0.3, -0.25) is 4.57 Å². The van der Waals surface area contributed by atoms with Crippen molar-refractivity contribution in [3.05, 3.63) is 0 Å². The molecule has 0 rings (SSSR count). The molecule has 0 aliphatic rings. The van der Waals surface area contributed by atoms with Gasteiger partial charge in [-0.1, -0.05) is 40.5 Å². The molecule has 0 amide bonds. The molecule has 0 aromatic rings. The molecule has 0 radical (unpaired) electrons. The van der Waals surface area contributed by atoms with Crippen LogP contribution in [-0.4, -0.2) is 19.9 Å². The topological polar surface area (TPSA) is 35.5 Å². The lowest BCUT2D eigenvalue weighted by atomic mass is 10.1. The van der Waals surface area contributed by atoms with E-state index in [9.17, 15) is 4.57 Å². The predicted molar refractivity (Wildman–Crippen MR) is 64.3 cm³/mol. The van der Waals surface area contributed by atoms with Crippen LogP contribution in [0.2, 0.25) is 0 Å². The van der Waals surface area contributed by atoms with Crippen molar-refractivity contribution < 1.29 is 13.6 Å². The zero-order valence-corrected chi connectivity index (χ0v) is 11.5. The van der Waals surface area contributed by atoms with Crippen LogP contribution >= 0.6 is 7.60 Å². The first-order valence-electron chi connectivity index (χ1n) is 5.77. The van der Waals surface area contributed by atoms with E-state index >= 15 is 0 Å². The minimum atomic E-state index is -2.83. The van der Waals surface area contributed by atoms with Crippen molar-refractivity contribution in [2.75, 3.05) is 19.9 Å². The molecule has 4 heteroatoms. The third-order valence-corrected chi connectivity index (χ3v) is 3.82. The van der Waals surface area contributed by atoms with Crippen LogP contribution in [0.1, 0.15) is 40.5 Å². The fraction of sp³-hybridized carbons (Fsp3) is 1.00. The van der Waals surface area contributed by atoms with E-state index in [0.29, 0.717) is 25.0 Å². The summed E-state index contributed by atoms with van der Waals surface area (Å²) < 4.78 is 22.4. The van der Waals surface area contributed by atoms with E-state index in [1.54, 1.807) is 6.66 Å². The Morgan fingerprint density at radius 3 is 1.60 bits per heavy atom. The summed E-state index contributed by atoms with van der Waals surface area (Å²) in [4.78, 5) is 0. The van der Waals surface area contributed by atoms with Crippen LogP contribution in [0, 0.1) is 11.8 Å². The van der Waals surface area contributed by atoms with Gasteiger partial charge < -0.3 is 9.05 Å². The van der Waals surface area contributed by atoms with Crippen LogP contribution in [0.5, 0.6) is 0 Å². The Morgan fingerprint density at radius 1 is 1.00 bits per heavy atom. The summed E-state index contributed by atoms with van der Waals surface area (Å²) in [7, 11) is -2.83. The molecular weight excluding hydrogens is 211 g/mol. The van der Waals surface area contributed by atoms with Gasteiger partial charge in [-0.2, -0.15) is 0 Å². The lowest BCUT2D eigenvalue weighted by Gasteiger charge is -2.18. The summed E-state index contributed by atoms with van der Waals surface area (Å²) in [6, 6.07) is 0. The molecule has 0 aromatic heterocycles. The van der Waals surface area contributed by atoms with Gasteiger partial charge in [0.25, 0.3) is 0 Å². The number of hydrogen-bond acceptors (Lipinski definition) is 3. The summed E-state index contributed by atoms with van der Waals surface area (Å²) >= 11 is 0. The van der Waals surface area contributed by atoms with Crippen LogP contribution in [0.4, 0.5) is 0 Å². The average Bonchev–Trinajstić information content (AvgIpc) is 2.22. The Morgan fingerprint density at radius 2 is 1.33 bits per heavy atom. The Balaban J connectivity index is 3.81. The minimum Gasteiger partial charge on any atom is -0.308 e. The van der Waals surface area contributed by atoms with Gasteiger partial charge >= 0.3 is 7.60 Å². The summed E-state index contributed by atoms with van der Waals surface area (Å²) in [5.41, 5.74) is 0. The molecule has 3 nitrogen and oxygen atoms in total. The fourth-order valence-electron chi connectivity index (χ4n) is 0.798. The first kappa shape index (κ1) is 15.2. The van der Waals surface area contributed by atoms with Crippen molar-refractivity contribution in [3.63, 3.8) is 0 Å². The molecule has 0 aromatic carbocycles. The van der Waals surface area contributed by atoms with Gasteiger partial charge in [0.05, 0.1) is 13.2 Å². The van der Waals surface area contributed by atoms with Gasteiger partial charge in [0.2, 0.25) is 0 Å². The molecule has 92 valence electrons. The highest BCUT2D eigenvalue weighted by Gasteiger charge is 2.18. The highest BCUT2D eigenvalue weighted by atomic mass is 31.2. The maximum absolute atomic E-state index is 11.8. The van der Waals surface area contributed by atoms with E-state index in [2.05, 4.69) is 27.7 Å². The fourth-order valence-corrected chi connectivity index (χ4v) is 1.92. The molecular formula is C11H25O3P. The van der Waals surface area contributed by atoms with Crippen LogP contribution in [0.15, 0.2) is 0 Å². The molecule has 2 unspecified atom stereocenters. The summed E-state index contributed by atoms with van der Waals surface area (Å²) in [6.45, 7) is 10.9. The molecule has 0 bridgehead atoms. The summed E-state index contributed by atoms with van der Waals surface area (Å²) in [5.74, 6) is 0.871. The van der Waals surface area contributed by atoms with Crippen LogP contribution in [0.25, 0.3) is 0 Å². The Labute approximate surface area is 94.1 Å². The molecule has 0 saturated carbocycles. The largest absolute Gasteiger partial charge is 0.327 e. The van der Waals surface area contributed by atoms with Gasteiger partial charge in [-0.25, -0.2) is 0 Å². The zero-order valence-electron chi connectivity index (χ0n) is 10.7. The van der Waals surface area contributed by atoms with Gasteiger partial charge in [0.15, 0.2) is 0 Å². The molecule has 2 atom stereocenters. The third-order valence-electron chi connectivity index (χ3n) is 2.58. The number of hydrogen-bond donors (Lipinski definition) is 0. The molecule has 0 aliphatic heterocycles. The second-order valence-electron chi connectivity index (χ2n) is 4.39. The zero-order chi connectivity index (χ0) is 11.9. The highest BCUT2D eigenvalue weighted by molar-refractivity contribution is 7.52. The molecule has 0 heterocycles. The maximum Gasteiger partial charge on any atom is 0.327 e. The lowest BCUT2D eigenvalue weighted by Crippen LogP contribution is -2.07. The summed E-state index contributed by atoms with van der Waals surface area (Å²) in [6.07, 6.45) is 2.07. The third kappa shape index (κ3) is 8.01. The summed E-state index contributed by atoms with van der Waals surface area (Å²) in [5, 5.41) is 0. The van der Waals surface area contributed by atoms with Crippen LogP contribution in [0.3, 0.4) is 0 Å². The van der Waals surface area contributed by atoms with Crippen molar-refractivity contribution in [2.45, 2.75) is 40.5 Å². The van der Waals surface area contributed by atoms with E-state index in [0.717, 1.165) is 12.8 Å². The standard InChI is InChI=1S/C11H25O3P/c1-6-10(3)8-13-15(5,12)14-9-11(4)7-2/h10-11H,6-9H2,1-5H3. The van der Waals surface area contributed by atoms with E-state index in [-0.39, 0.29) is 0 Å². The second kappa shape index (κ2) is 7.43. The quantitative estimate of drug-likeness (QED) is 0.599. The van der Waals surface area contributed by atoms with E-state index in [4.69, 9.17) is 9.05 Å². The Hall–Kier alpha value is 0.150. The first-order chi connectivity index (χ1) is 6.91. The van der Waals surface area contributed by atoms with Crippen LogP contribution in [-0.2, 0) is 13.6 Å². The van der Waals surface area contributed by atoms with Crippen LogP contribution < -0.4 is 0 Å². The first-order valence-corrected chi connectivity index (χ1v) is 7.76. The molecule has 0 N–H and O–H groups in total. The lowest BCUT2D eigenvalue weighted by molar-refractivity contribution is 0.168.